The lowest BCUT2D eigenvalue weighted by molar-refractivity contribution is -0.248. The van der Waals surface area contributed by atoms with Gasteiger partial charge in [-0.1, -0.05) is 13.8 Å². The summed E-state index contributed by atoms with van der Waals surface area (Å²) >= 11 is 0. The molecule has 1 heterocycles. The van der Waals surface area contributed by atoms with Crippen LogP contribution in [0.2, 0.25) is 0 Å². The molecule has 0 amide bonds. The van der Waals surface area contributed by atoms with Crippen LogP contribution in [0.3, 0.4) is 0 Å². The molecule has 1 saturated heterocycles. The zero-order chi connectivity index (χ0) is 8.65. The lowest BCUT2D eigenvalue weighted by Gasteiger charge is -2.18. The quantitative estimate of drug-likeness (QED) is 0.635. The average Bonchev–Trinajstić information content (AvgIpc) is 2.09. The summed E-state index contributed by atoms with van der Waals surface area (Å²) in [4.78, 5) is 0. The van der Waals surface area contributed by atoms with E-state index < -0.39 is 18.1 Å². The van der Waals surface area contributed by atoms with Gasteiger partial charge in [0.2, 0.25) is 0 Å². The van der Waals surface area contributed by atoms with Crippen LogP contribution in [-0.2, 0) is 4.74 Å². The summed E-state index contributed by atoms with van der Waals surface area (Å²) < 4.78 is 29.1. The minimum Gasteiger partial charge on any atom is -0.384 e. The van der Waals surface area contributed by atoms with Crippen molar-refractivity contribution >= 4 is 0 Å². The summed E-state index contributed by atoms with van der Waals surface area (Å²) in [5, 5.41) is 9.01. The van der Waals surface area contributed by atoms with Crippen LogP contribution >= 0.6 is 0 Å². The van der Waals surface area contributed by atoms with Crippen LogP contribution in [0.25, 0.3) is 0 Å². The van der Waals surface area contributed by atoms with Crippen molar-refractivity contribution in [3.8, 4) is 0 Å². The number of ether oxygens (including phenoxy) is 1. The fraction of sp³-hybridized carbons (Fsp3) is 1.00. The Bertz CT molecular complexity index is 147. The molecule has 1 N–H and O–H groups in total. The molecule has 0 aromatic heterocycles. The second-order valence-electron chi connectivity index (χ2n) is 3.23. The number of halogens is 2. The fourth-order valence-corrected chi connectivity index (χ4v) is 1.19. The first kappa shape index (κ1) is 8.87. The molecule has 4 heteroatoms. The summed E-state index contributed by atoms with van der Waals surface area (Å²) in [7, 11) is 0. The van der Waals surface area contributed by atoms with Crippen molar-refractivity contribution in [1.29, 1.82) is 0 Å². The van der Waals surface area contributed by atoms with E-state index in [0.717, 1.165) is 0 Å². The zero-order valence-electron chi connectivity index (χ0n) is 6.55. The monoisotopic (exact) mass is 166 g/mol. The molecule has 0 radical (unpaired) electrons. The molecular weight excluding hydrogens is 154 g/mol. The number of hydrogen-bond acceptors (Lipinski definition) is 2. The Morgan fingerprint density at radius 2 is 2.09 bits per heavy atom. The third-order valence-corrected chi connectivity index (χ3v) is 2.07. The van der Waals surface area contributed by atoms with Crippen molar-refractivity contribution in [3.63, 3.8) is 0 Å². The molecular formula is C7H12F2O2. The van der Waals surface area contributed by atoms with E-state index in [2.05, 4.69) is 4.74 Å². The highest BCUT2D eigenvalue weighted by atomic mass is 19.3. The van der Waals surface area contributed by atoms with Gasteiger partial charge in [0.1, 0.15) is 0 Å². The maximum absolute atomic E-state index is 12.5. The first-order chi connectivity index (χ1) is 4.95. The molecule has 0 saturated carbocycles. The van der Waals surface area contributed by atoms with Gasteiger partial charge in [0, 0.05) is 5.92 Å². The largest absolute Gasteiger partial charge is 0.384 e. The van der Waals surface area contributed by atoms with Crippen LogP contribution in [0.1, 0.15) is 13.8 Å². The SMILES string of the molecule is CC(C)[C@@H]1COC(F)(F)[C@H]1O. The van der Waals surface area contributed by atoms with Crippen LogP contribution in [0, 0.1) is 11.8 Å². The van der Waals surface area contributed by atoms with Crippen molar-refractivity contribution in [2.45, 2.75) is 26.1 Å². The van der Waals surface area contributed by atoms with Crippen LogP contribution < -0.4 is 0 Å². The zero-order valence-corrected chi connectivity index (χ0v) is 6.55. The molecule has 1 rings (SSSR count). The summed E-state index contributed by atoms with van der Waals surface area (Å²) in [5.74, 6) is -0.414. The Hall–Kier alpha value is -0.220. The van der Waals surface area contributed by atoms with Crippen molar-refractivity contribution in [2.24, 2.45) is 11.8 Å². The van der Waals surface area contributed by atoms with Crippen molar-refractivity contribution in [2.75, 3.05) is 6.61 Å². The molecule has 1 aliphatic heterocycles. The van der Waals surface area contributed by atoms with Gasteiger partial charge in [-0.25, -0.2) is 0 Å². The normalized spacial score (nSPS) is 36.5. The first-order valence-electron chi connectivity index (χ1n) is 3.65. The maximum Gasteiger partial charge on any atom is 0.381 e. The third-order valence-electron chi connectivity index (χ3n) is 2.07. The molecule has 2 nitrogen and oxygen atoms in total. The standard InChI is InChI=1S/C7H12F2O2/c1-4(2)5-3-11-7(8,9)6(5)10/h4-6,10H,3H2,1-2H3/t5-,6-/m0/s1. The van der Waals surface area contributed by atoms with E-state index in [1.165, 1.54) is 0 Å². The van der Waals surface area contributed by atoms with Gasteiger partial charge < -0.3 is 9.84 Å². The average molecular weight is 166 g/mol. The van der Waals surface area contributed by atoms with E-state index in [4.69, 9.17) is 5.11 Å². The topological polar surface area (TPSA) is 29.5 Å². The molecule has 0 unspecified atom stereocenters. The van der Waals surface area contributed by atoms with Crippen LogP contribution in [0.4, 0.5) is 8.78 Å². The second kappa shape index (κ2) is 2.68. The van der Waals surface area contributed by atoms with Gasteiger partial charge in [0.25, 0.3) is 0 Å². The predicted molar refractivity (Wildman–Crippen MR) is 35.2 cm³/mol. The van der Waals surface area contributed by atoms with E-state index in [0.29, 0.717) is 0 Å². The Kier molecular flexibility index (Phi) is 2.16. The minimum atomic E-state index is -3.34. The highest BCUT2D eigenvalue weighted by Crippen LogP contribution is 2.36. The maximum atomic E-state index is 12.5. The summed E-state index contributed by atoms with van der Waals surface area (Å²) in [6, 6.07) is 0. The third kappa shape index (κ3) is 1.51. The molecule has 0 aromatic carbocycles. The van der Waals surface area contributed by atoms with Gasteiger partial charge in [0.05, 0.1) is 6.61 Å². The van der Waals surface area contributed by atoms with Crippen LogP contribution in [0.15, 0.2) is 0 Å². The Morgan fingerprint density at radius 3 is 2.27 bits per heavy atom. The van der Waals surface area contributed by atoms with Crippen molar-refractivity contribution in [3.05, 3.63) is 0 Å². The summed E-state index contributed by atoms with van der Waals surface area (Å²) in [6.45, 7) is 3.53. The molecule has 66 valence electrons. The van der Waals surface area contributed by atoms with Gasteiger partial charge in [-0.3, -0.25) is 0 Å². The van der Waals surface area contributed by atoms with Gasteiger partial charge in [0.15, 0.2) is 6.10 Å². The van der Waals surface area contributed by atoms with Crippen molar-refractivity contribution in [1.82, 2.24) is 0 Å². The van der Waals surface area contributed by atoms with Gasteiger partial charge in [-0.2, -0.15) is 8.78 Å². The highest BCUT2D eigenvalue weighted by molar-refractivity contribution is 4.84. The predicted octanol–water partition coefficient (Wildman–Crippen LogP) is 1.24. The first-order valence-corrected chi connectivity index (χ1v) is 3.65. The lowest BCUT2D eigenvalue weighted by Crippen LogP contribution is -2.34. The lowest BCUT2D eigenvalue weighted by atomic mass is 9.92. The van der Waals surface area contributed by atoms with Gasteiger partial charge in [-0.15, -0.1) is 0 Å². The molecule has 0 spiro atoms. The number of aliphatic hydroxyl groups is 1. The van der Waals surface area contributed by atoms with E-state index in [1.54, 1.807) is 13.8 Å². The Morgan fingerprint density at radius 1 is 1.55 bits per heavy atom. The van der Waals surface area contributed by atoms with Crippen molar-refractivity contribution < 1.29 is 18.6 Å². The van der Waals surface area contributed by atoms with Crippen LogP contribution in [-0.4, -0.2) is 23.9 Å². The smallest absolute Gasteiger partial charge is 0.381 e. The molecule has 11 heavy (non-hydrogen) atoms. The molecule has 1 fully saturated rings. The van der Waals surface area contributed by atoms with E-state index in [9.17, 15) is 8.78 Å². The second-order valence-corrected chi connectivity index (χ2v) is 3.23. The van der Waals surface area contributed by atoms with Gasteiger partial charge in [-0.05, 0) is 5.92 Å². The number of alkyl halides is 2. The van der Waals surface area contributed by atoms with E-state index in [-0.39, 0.29) is 12.5 Å². The summed E-state index contributed by atoms with van der Waals surface area (Å²) in [5.41, 5.74) is 0. The number of aliphatic hydroxyl groups excluding tert-OH is 1. The van der Waals surface area contributed by atoms with E-state index in [1.807, 2.05) is 0 Å². The van der Waals surface area contributed by atoms with Gasteiger partial charge >= 0.3 is 6.11 Å². The van der Waals surface area contributed by atoms with Crippen LogP contribution in [0.5, 0.6) is 0 Å². The Labute approximate surface area is 64.2 Å². The molecule has 1 aliphatic rings. The molecule has 0 aromatic rings. The number of hydrogen-bond donors (Lipinski definition) is 1. The molecule has 0 aliphatic carbocycles. The highest BCUT2D eigenvalue weighted by Gasteiger charge is 2.51. The Balaban J connectivity index is 2.63. The number of rotatable bonds is 1. The van der Waals surface area contributed by atoms with E-state index >= 15 is 0 Å². The fourth-order valence-electron chi connectivity index (χ4n) is 1.19. The summed E-state index contributed by atoms with van der Waals surface area (Å²) in [6.07, 6.45) is -4.97. The molecule has 2 atom stereocenters. The molecule has 0 bridgehead atoms. The minimum absolute atomic E-state index is 0.0263.